The van der Waals surface area contributed by atoms with E-state index in [1.165, 1.54) is 13.1 Å². The molecule has 0 amide bonds. The van der Waals surface area contributed by atoms with Crippen LogP contribution in [0.25, 0.3) is 0 Å². The predicted octanol–water partition coefficient (Wildman–Crippen LogP) is 2.40. The quantitative estimate of drug-likeness (QED) is 0.481. The van der Waals surface area contributed by atoms with Crippen LogP contribution in [0.15, 0.2) is 0 Å². The third-order valence-corrected chi connectivity index (χ3v) is 5.22. The molecule has 1 rings (SSSR count). The molecular weight excluding hydrogens is 249 g/mol. The third-order valence-electron chi connectivity index (χ3n) is 3.10. The average Bonchev–Trinajstić information content (AvgIpc) is 1.84. The molecule has 1 nitrogen and oxygen atoms in total. The van der Waals surface area contributed by atoms with Crippen molar-refractivity contribution in [1.29, 1.82) is 0 Å². The Morgan fingerprint density at radius 3 is 2.00 bits per heavy atom. The highest BCUT2D eigenvalue weighted by Gasteiger charge is 2.38. The number of halogens is 1. The van der Waals surface area contributed by atoms with E-state index in [0.29, 0.717) is 3.42 Å². The number of rotatable bonds is 0. The molecule has 1 aliphatic heterocycles. The van der Waals surface area contributed by atoms with Gasteiger partial charge in [0.15, 0.2) is 0 Å². The Morgan fingerprint density at radius 1 is 1.27 bits per heavy atom. The lowest BCUT2D eigenvalue weighted by Crippen LogP contribution is -2.49. The average molecular weight is 267 g/mol. The minimum absolute atomic E-state index is 0.504. The highest BCUT2D eigenvalue weighted by molar-refractivity contribution is 14.1. The van der Waals surface area contributed by atoms with Crippen molar-refractivity contribution in [3.8, 4) is 0 Å². The molecule has 2 atom stereocenters. The number of hydrogen-bond donors (Lipinski definition) is 0. The van der Waals surface area contributed by atoms with Crippen LogP contribution in [0.3, 0.4) is 0 Å². The van der Waals surface area contributed by atoms with E-state index in [1.54, 1.807) is 0 Å². The van der Waals surface area contributed by atoms with Crippen LogP contribution < -0.4 is 0 Å². The van der Waals surface area contributed by atoms with Crippen LogP contribution in [-0.4, -0.2) is 28.5 Å². The summed E-state index contributed by atoms with van der Waals surface area (Å²) in [6, 6.07) is 0. The number of nitrogens with zero attached hydrogens (tertiary/aromatic N) is 1. The maximum absolute atomic E-state index is 2.63. The SMILES string of the molecule is CC1CN(C)CC(C)C1(C)I. The lowest BCUT2D eigenvalue weighted by Gasteiger charge is -2.44. The summed E-state index contributed by atoms with van der Waals surface area (Å²) in [6.45, 7) is 9.61. The second kappa shape index (κ2) is 3.21. The van der Waals surface area contributed by atoms with Gasteiger partial charge in [-0.1, -0.05) is 36.4 Å². The van der Waals surface area contributed by atoms with E-state index in [1.807, 2.05) is 0 Å². The fraction of sp³-hybridized carbons (Fsp3) is 1.00. The van der Waals surface area contributed by atoms with Gasteiger partial charge in [0.2, 0.25) is 0 Å². The third kappa shape index (κ3) is 1.89. The van der Waals surface area contributed by atoms with Gasteiger partial charge in [-0.25, -0.2) is 0 Å². The molecule has 0 N–H and O–H groups in total. The normalized spacial score (nSPS) is 47.7. The highest BCUT2D eigenvalue weighted by atomic mass is 127. The Hall–Kier alpha value is 0.690. The van der Waals surface area contributed by atoms with Gasteiger partial charge in [-0.3, -0.25) is 0 Å². The summed E-state index contributed by atoms with van der Waals surface area (Å²) in [4.78, 5) is 2.44. The first-order valence-corrected chi connectivity index (χ1v) is 5.40. The molecule has 0 aromatic heterocycles. The van der Waals surface area contributed by atoms with Gasteiger partial charge in [-0.05, 0) is 25.8 Å². The fourth-order valence-corrected chi connectivity index (χ4v) is 2.25. The minimum Gasteiger partial charge on any atom is -0.306 e. The summed E-state index contributed by atoms with van der Waals surface area (Å²) < 4.78 is 0.504. The van der Waals surface area contributed by atoms with Crippen molar-refractivity contribution < 1.29 is 0 Å². The Morgan fingerprint density at radius 2 is 1.64 bits per heavy atom. The molecule has 1 saturated heterocycles. The Labute approximate surface area is 83.7 Å². The lowest BCUT2D eigenvalue weighted by atomic mass is 9.81. The van der Waals surface area contributed by atoms with E-state index in [9.17, 15) is 0 Å². The topological polar surface area (TPSA) is 3.24 Å². The zero-order valence-corrected chi connectivity index (χ0v) is 10.1. The van der Waals surface area contributed by atoms with E-state index in [-0.39, 0.29) is 0 Å². The van der Waals surface area contributed by atoms with Crippen molar-refractivity contribution in [3.05, 3.63) is 0 Å². The maximum atomic E-state index is 2.63. The summed E-state index contributed by atoms with van der Waals surface area (Å²) in [5.41, 5.74) is 0. The first-order chi connectivity index (χ1) is 4.94. The number of likely N-dealkylation sites (tertiary alicyclic amines) is 1. The van der Waals surface area contributed by atoms with E-state index < -0.39 is 0 Å². The van der Waals surface area contributed by atoms with Crippen LogP contribution in [-0.2, 0) is 0 Å². The summed E-state index contributed by atoms with van der Waals surface area (Å²) >= 11 is 2.63. The van der Waals surface area contributed by atoms with Crippen molar-refractivity contribution in [2.45, 2.75) is 24.2 Å². The van der Waals surface area contributed by atoms with Crippen molar-refractivity contribution >= 4 is 22.6 Å². The van der Waals surface area contributed by atoms with Crippen molar-refractivity contribution in [2.24, 2.45) is 11.8 Å². The standard InChI is InChI=1S/C9H18IN/c1-7-5-11(4)6-8(2)9(7,3)10/h7-8H,5-6H2,1-4H3. The van der Waals surface area contributed by atoms with Crippen molar-refractivity contribution in [3.63, 3.8) is 0 Å². The molecule has 0 aliphatic carbocycles. The second-order valence-electron chi connectivity index (χ2n) is 4.17. The van der Waals surface area contributed by atoms with Crippen molar-refractivity contribution in [1.82, 2.24) is 4.90 Å². The molecule has 1 fully saturated rings. The zero-order valence-electron chi connectivity index (χ0n) is 7.89. The monoisotopic (exact) mass is 267 g/mol. The van der Waals surface area contributed by atoms with Crippen LogP contribution in [0.5, 0.6) is 0 Å². The van der Waals surface area contributed by atoms with E-state index >= 15 is 0 Å². The first-order valence-electron chi connectivity index (χ1n) is 4.32. The van der Waals surface area contributed by atoms with Crippen LogP contribution in [0.2, 0.25) is 0 Å². The van der Waals surface area contributed by atoms with Gasteiger partial charge in [-0.15, -0.1) is 0 Å². The smallest absolute Gasteiger partial charge is 0.0269 e. The van der Waals surface area contributed by atoms with Gasteiger partial charge in [0, 0.05) is 16.5 Å². The molecule has 2 heteroatoms. The molecule has 11 heavy (non-hydrogen) atoms. The number of alkyl halides is 1. The van der Waals surface area contributed by atoms with E-state index in [4.69, 9.17) is 0 Å². The second-order valence-corrected chi connectivity index (χ2v) is 6.50. The Bertz CT molecular complexity index is 130. The lowest BCUT2D eigenvalue weighted by molar-refractivity contribution is 0.142. The summed E-state index contributed by atoms with van der Waals surface area (Å²) in [5, 5.41) is 0. The van der Waals surface area contributed by atoms with Crippen LogP contribution in [0.1, 0.15) is 20.8 Å². The van der Waals surface area contributed by atoms with E-state index in [0.717, 1.165) is 11.8 Å². The zero-order chi connectivity index (χ0) is 8.65. The molecular formula is C9H18IN. The van der Waals surface area contributed by atoms with Gasteiger partial charge in [0.1, 0.15) is 0 Å². The number of hydrogen-bond acceptors (Lipinski definition) is 1. The van der Waals surface area contributed by atoms with Crippen LogP contribution >= 0.6 is 22.6 Å². The predicted molar refractivity (Wildman–Crippen MR) is 58.3 cm³/mol. The fourth-order valence-electron chi connectivity index (χ4n) is 1.85. The minimum atomic E-state index is 0.504. The Balaban J connectivity index is 2.67. The van der Waals surface area contributed by atoms with Gasteiger partial charge < -0.3 is 4.90 Å². The molecule has 0 saturated carbocycles. The molecule has 0 bridgehead atoms. The van der Waals surface area contributed by atoms with Crippen LogP contribution in [0, 0.1) is 11.8 Å². The van der Waals surface area contributed by atoms with Gasteiger partial charge in [-0.2, -0.15) is 0 Å². The first kappa shape index (κ1) is 9.78. The number of piperidine rings is 1. The van der Waals surface area contributed by atoms with Gasteiger partial charge in [0.25, 0.3) is 0 Å². The molecule has 1 heterocycles. The summed E-state index contributed by atoms with van der Waals surface area (Å²) in [5.74, 6) is 1.63. The largest absolute Gasteiger partial charge is 0.306 e. The molecule has 1 aliphatic rings. The van der Waals surface area contributed by atoms with Gasteiger partial charge in [0.05, 0.1) is 0 Å². The molecule has 0 aromatic rings. The maximum Gasteiger partial charge on any atom is 0.0269 e. The highest BCUT2D eigenvalue weighted by Crippen LogP contribution is 2.39. The molecule has 0 radical (unpaired) electrons. The van der Waals surface area contributed by atoms with E-state index in [2.05, 4.69) is 55.3 Å². The Kier molecular flexibility index (Phi) is 2.85. The summed E-state index contributed by atoms with van der Waals surface area (Å²) in [6.07, 6.45) is 0. The molecule has 0 aromatic carbocycles. The summed E-state index contributed by atoms with van der Waals surface area (Å²) in [7, 11) is 2.22. The van der Waals surface area contributed by atoms with Gasteiger partial charge >= 0.3 is 0 Å². The van der Waals surface area contributed by atoms with Crippen LogP contribution in [0.4, 0.5) is 0 Å². The molecule has 0 spiro atoms. The van der Waals surface area contributed by atoms with Crippen molar-refractivity contribution in [2.75, 3.05) is 20.1 Å². The molecule has 66 valence electrons. The molecule has 2 unspecified atom stereocenters.